The number of carbonyl (C=O) groups excluding carboxylic acids is 1. The maximum absolute atomic E-state index is 11.9. The fourth-order valence-electron chi connectivity index (χ4n) is 7.89. The molecular weight excluding hydrogens is 376 g/mol. The Balaban J connectivity index is 1.41. The van der Waals surface area contributed by atoms with Crippen molar-refractivity contribution in [2.75, 3.05) is 0 Å². The highest BCUT2D eigenvalue weighted by Gasteiger charge is 2.47. The van der Waals surface area contributed by atoms with Gasteiger partial charge < -0.3 is 0 Å². The molecule has 2 aromatic carbocycles. The van der Waals surface area contributed by atoms with E-state index in [4.69, 9.17) is 0 Å². The van der Waals surface area contributed by atoms with Gasteiger partial charge in [0, 0.05) is 16.7 Å². The van der Waals surface area contributed by atoms with Crippen LogP contribution in [0.15, 0.2) is 30.3 Å². The second-order valence-electron chi connectivity index (χ2n) is 12.0. The van der Waals surface area contributed by atoms with E-state index < -0.39 is 0 Å². The Morgan fingerprint density at radius 3 is 2.06 bits per heavy atom. The van der Waals surface area contributed by atoms with E-state index in [1.54, 1.807) is 0 Å². The molecule has 1 heteroatoms. The molecule has 0 saturated heterocycles. The zero-order valence-corrected chi connectivity index (χ0v) is 19.2. The van der Waals surface area contributed by atoms with E-state index >= 15 is 0 Å². The molecular formula is C30H32O. The topological polar surface area (TPSA) is 17.1 Å². The van der Waals surface area contributed by atoms with Gasteiger partial charge in [-0.2, -0.15) is 0 Å². The summed E-state index contributed by atoms with van der Waals surface area (Å²) in [5, 5.41) is 0. The van der Waals surface area contributed by atoms with Gasteiger partial charge in [0.2, 0.25) is 0 Å². The van der Waals surface area contributed by atoms with Crippen molar-refractivity contribution in [2.45, 2.75) is 82.5 Å². The van der Waals surface area contributed by atoms with Gasteiger partial charge in [0.15, 0.2) is 6.29 Å². The lowest BCUT2D eigenvalue weighted by Crippen LogP contribution is -2.17. The first-order valence-corrected chi connectivity index (χ1v) is 12.1. The number of aldehydes is 1. The van der Waals surface area contributed by atoms with Crippen molar-refractivity contribution in [1.29, 1.82) is 0 Å². The van der Waals surface area contributed by atoms with Crippen molar-refractivity contribution in [3.8, 4) is 11.8 Å². The maximum Gasteiger partial charge on any atom is 0.151 e. The van der Waals surface area contributed by atoms with Gasteiger partial charge >= 0.3 is 0 Å². The molecule has 4 bridgehead atoms. The van der Waals surface area contributed by atoms with Crippen molar-refractivity contribution in [1.82, 2.24) is 0 Å². The molecule has 2 aromatic rings. The first-order valence-electron chi connectivity index (χ1n) is 12.1. The normalized spacial score (nSPS) is 30.3. The fourth-order valence-corrected chi connectivity index (χ4v) is 7.89. The zero-order chi connectivity index (χ0) is 21.5. The van der Waals surface area contributed by atoms with E-state index in [9.17, 15) is 4.79 Å². The molecule has 0 spiro atoms. The second-order valence-corrected chi connectivity index (χ2v) is 12.0. The minimum Gasteiger partial charge on any atom is -0.298 e. The minimum atomic E-state index is 0.175. The second kappa shape index (κ2) is 6.35. The molecule has 2 atom stereocenters. The number of rotatable bonds is 1. The fraction of sp³-hybridized carbons (Fsp3) is 0.500. The van der Waals surface area contributed by atoms with Crippen LogP contribution in [0.4, 0.5) is 0 Å². The summed E-state index contributed by atoms with van der Waals surface area (Å²) in [6, 6.07) is 11.2. The molecule has 7 rings (SSSR count). The van der Waals surface area contributed by atoms with Crippen LogP contribution in [-0.4, -0.2) is 6.29 Å². The van der Waals surface area contributed by atoms with Crippen LogP contribution < -0.4 is 0 Å². The third kappa shape index (κ3) is 2.87. The van der Waals surface area contributed by atoms with E-state index in [1.165, 1.54) is 47.9 Å². The van der Waals surface area contributed by atoms with Crippen LogP contribution in [0.3, 0.4) is 0 Å². The molecule has 0 radical (unpaired) electrons. The van der Waals surface area contributed by atoms with Gasteiger partial charge in [-0.25, -0.2) is 0 Å². The van der Waals surface area contributed by atoms with Gasteiger partial charge in [-0.1, -0.05) is 45.6 Å². The standard InChI is InChI=1S/C30H32O/c1-29(2)17-30(3,4)28-9-18(6-8-27(28)29)5-7-19-14-25-22-10-20-12-23(13-21(20)11-22)26(25)15-24(19)16-31/h6,8-9,14-16,20-23H,10-13,17H2,1-4H3. The van der Waals surface area contributed by atoms with Gasteiger partial charge in [0.05, 0.1) is 0 Å². The predicted octanol–water partition coefficient (Wildman–Crippen LogP) is 6.86. The number of hydrogen-bond acceptors (Lipinski definition) is 1. The molecule has 0 amide bonds. The van der Waals surface area contributed by atoms with Crippen LogP contribution in [0.1, 0.15) is 115 Å². The average molecular weight is 409 g/mol. The number of hydrogen-bond donors (Lipinski definition) is 0. The van der Waals surface area contributed by atoms with Crippen LogP contribution >= 0.6 is 0 Å². The average Bonchev–Trinajstić information content (AvgIpc) is 3.26. The molecule has 0 aromatic heterocycles. The molecule has 0 aliphatic heterocycles. The Labute approximate surface area is 186 Å². The lowest BCUT2D eigenvalue weighted by atomic mass is 9.82. The Hall–Kier alpha value is -2.33. The Morgan fingerprint density at radius 2 is 1.42 bits per heavy atom. The molecule has 2 unspecified atom stereocenters. The Morgan fingerprint density at radius 1 is 0.806 bits per heavy atom. The lowest BCUT2D eigenvalue weighted by Gasteiger charge is -2.22. The van der Waals surface area contributed by atoms with E-state index in [0.717, 1.165) is 41.2 Å². The molecule has 0 heterocycles. The Bertz CT molecular complexity index is 1150. The summed E-state index contributed by atoms with van der Waals surface area (Å²) in [6.07, 6.45) is 7.53. The number of fused-ring (bicyclic) bond motifs is 1. The lowest BCUT2D eigenvalue weighted by molar-refractivity contribution is 0.112. The Kier molecular flexibility index (Phi) is 3.97. The van der Waals surface area contributed by atoms with Crippen LogP contribution in [0, 0.1) is 23.7 Å². The third-order valence-corrected chi connectivity index (χ3v) is 8.98. The summed E-state index contributed by atoms with van der Waals surface area (Å²) >= 11 is 0. The largest absolute Gasteiger partial charge is 0.298 e. The van der Waals surface area contributed by atoms with Crippen LogP contribution in [0.2, 0.25) is 0 Å². The van der Waals surface area contributed by atoms with E-state index in [2.05, 4.69) is 69.9 Å². The first kappa shape index (κ1) is 19.4. The summed E-state index contributed by atoms with van der Waals surface area (Å²) in [4.78, 5) is 11.9. The van der Waals surface area contributed by atoms with Gasteiger partial charge in [-0.3, -0.25) is 4.79 Å². The maximum atomic E-state index is 11.9. The quantitative estimate of drug-likeness (QED) is 0.372. The van der Waals surface area contributed by atoms with Crippen molar-refractivity contribution in [3.63, 3.8) is 0 Å². The van der Waals surface area contributed by atoms with E-state index in [1.807, 2.05) is 0 Å². The molecule has 0 N–H and O–H groups in total. The molecule has 31 heavy (non-hydrogen) atoms. The minimum absolute atomic E-state index is 0.175. The zero-order valence-electron chi connectivity index (χ0n) is 19.2. The highest BCUT2D eigenvalue weighted by molar-refractivity contribution is 5.81. The molecule has 2 fully saturated rings. The molecule has 5 aliphatic rings. The summed E-state index contributed by atoms with van der Waals surface area (Å²) in [7, 11) is 0. The summed E-state index contributed by atoms with van der Waals surface area (Å²) < 4.78 is 0. The molecule has 1 nitrogen and oxygen atoms in total. The van der Waals surface area contributed by atoms with Crippen molar-refractivity contribution in [2.24, 2.45) is 11.8 Å². The molecule has 5 aliphatic carbocycles. The van der Waals surface area contributed by atoms with Gasteiger partial charge in [-0.15, -0.1) is 0 Å². The summed E-state index contributed by atoms with van der Waals surface area (Å²) in [6.45, 7) is 9.37. The number of benzene rings is 2. The third-order valence-electron chi connectivity index (χ3n) is 8.98. The van der Waals surface area contributed by atoms with Crippen LogP contribution in [0.25, 0.3) is 0 Å². The van der Waals surface area contributed by atoms with E-state index in [0.29, 0.717) is 11.8 Å². The van der Waals surface area contributed by atoms with Crippen molar-refractivity contribution in [3.05, 3.63) is 69.3 Å². The van der Waals surface area contributed by atoms with Gasteiger partial charge in [-0.05, 0) is 113 Å². The highest BCUT2D eigenvalue weighted by Crippen LogP contribution is 2.60. The van der Waals surface area contributed by atoms with Crippen LogP contribution in [0.5, 0.6) is 0 Å². The smallest absolute Gasteiger partial charge is 0.151 e. The highest BCUT2D eigenvalue weighted by atomic mass is 16.1. The van der Waals surface area contributed by atoms with Crippen molar-refractivity contribution >= 4 is 6.29 Å². The molecule has 2 saturated carbocycles. The predicted molar refractivity (Wildman–Crippen MR) is 126 cm³/mol. The van der Waals surface area contributed by atoms with E-state index in [-0.39, 0.29) is 10.8 Å². The van der Waals surface area contributed by atoms with Gasteiger partial charge in [0.25, 0.3) is 0 Å². The number of carbonyl (C=O) groups is 1. The SMILES string of the molecule is CC1(C)CC(C)(C)c2cc(C#Cc3cc4c(cc3C=O)C3CC5CC4CC5C3)ccc21. The van der Waals surface area contributed by atoms with Crippen LogP contribution in [-0.2, 0) is 10.8 Å². The van der Waals surface area contributed by atoms with Gasteiger partial charge in [0.1, 0.15) is 0 Å². The monoisotopic (exact) mass is 408 g/mol. The summed E-state index contributed by atoms with van der Waals surface area (Å²) in [5.41, 5.74) is 8.98. The summed E-state index contributed by atoms with van der Waals surface area (Å²) in [5.74, 6) is 9.98. The first-order chi connectivity index (χ1) is 14.7. The molecule has 158 valence electrons. The van der Waals surface area contributed by atoms with Crippen molar-refractivity contribution < 1.29 is 4.79 Å².